The number of benzene rings is 1. The van der Waals surface area contributed by atoms with Crippen molar-refractivity contribution in [2.75, 3.05) is 5.75 Å². The third-order valence-corrected chi connectivity index (χ3v) is 3.67. The normalized spacial score (nSPS) is 10.4. The number of hydrogen-bond donors (Lipinski definition) is 0. The smallest absolute Gasteiger partial charge is 0.147 e. The summed E-state index contributed by atoms with van der Waals surface area (Å²) in [6, 6.07) is 13.9. The van der Waals surface area contributed by atoms with E-state index >= 15 is 0 Å². The molecule has 0 aliphatic heterocycles. The van der Waals surface area contributed by atoms with E-state index in [1.54, 1.807) is 0 Å². The third-order valence-electron chi connectivity index (χ3n) is 2.70. The number of hydrogen-bond acceptors (Lipinski definition) is 3. The zero-order chi connectivity index (χ0) is 13.7. The number of nitrogens with zero attached hydrogens (tertiary/aromatic N) is 1. The van der Waals surface area contributed by atoms with Crippen molar-refractivity contribution in [3.05, 3.63) is 59.3 Å². The van der Waals surface area contributed by atoms with Crippen molar-refractivity contribution in [2.24, 2.45) is 0 Å². The Morgan fingerprint density at radius 2 is 1.89 bits per heavy atom. The molecular weight excluding hydrogens is 254 g/mol. The highest BCUT2D eigenvalue weighted by Gasteiger charge is 2.06. The van der Waals surface area contributed by atoms with Crippen LogP contribution in [-0.2, 0) is 11.2 Å². The molecule has 3 heteroatoms. The molecule has 0 radical (unpaired) electrons. The summed E-state index contributed by atoms with van der Waals surface area (Å²) in [7, 11) is 0. The van der Waals surface area contributed by atoms with Gasteiger partial charge in [0.15, 0.2) is 0 Å². The Morgan fingerprint density at radius 3 is 2.58 bits per heavy atom. The molecule has 1 heterocycles. The zero-order valence-electron chi connectivity index (χ0n) is 11.2. The van der Waals surface area contributed by atoms with Gasteiger partial charge in [0.05, 0.1) is 10.8 Å². The molecule has 0 saturated heterocycles. The van der Waals surface area contributed by atoms with Crippen LogP contribution in [0.15, 0.2) is 47.5 Å². The number of rotatable bonds is 5. The Bertz CT molecular complexity index is 546. The molecule has 0 spiro atoms. The highest BCUT2D eigenvalue weighted by molar-refractivity contribution is 7.99. The second kappa shape index (κ2) is 6.53. The molecule has 19 heavy (non-hydrogen) atoms. The van der Waals surface area contributed by atoms with Crippen molar-refractivity contribution in [1.29, 1.82) is 0 Å². The quantitative estimate of drug-likeness (QED) is 0.778. The summed E-state index contributed by atoms with van der Waals surface area (Å²) in [5.41, 5.74) is 3.25. The van der Waals surface area contributed by atoms with Gasteiger partial charge in [-0.15, -0.1) is 0 Å². The van der Waals surface area contributed by atoms with Crippen LogP contribution >= 0.6 is 11.8 Å². The lowest BCUT2D eigenvalue weighted by Gasteiger charge is -2.04. The lowest BCUT2D eigenvalue weighted by atomic mass is 10.1. The molecule has 2 nitrogen and oxygen atoms in total. The topological polar surface area (TPSA) is 30.0 Å². The highest BCUT2D eigenvalue weighted by atomic mass is 32.2. The molecule has 98 valence electrons. The minimum atomic E-state index is 0.233. The molecule has 2 rings (SSSR count). The Hall–Kier alpha value is -1.61. The largest absolute Gasteiger partial charge is 0.298 e. The number of aromatic nitrogens is 1. The molecule has 0 fully saturated rings. The van der Waals surface area contributed by atoms with Crippen LogP contribution in [0.2, 0.25) is 0 Å². The van der Waals surface area contributed by atoms with Gasteiger partial charge in [-0.25, -0.2) is 4.98 Å². The maximum absolute atomic E-state index is 11.9. The van der Waals surface area contributed by atoms with Crippen molar-refractivity contribution < 1.29 is 4.79 Å². The van der Waals surface area contributed by atoms with Crippen LogP contribution in [0.1, 0.15) is 16.8 Å². The first-order chi connectivity index (χ1) is 9.13. The van der Waals surface area contributed by atoms with Gasteiger partial charge in [0, 0.05) is 12.1 Å². The SMILES string of the molecule is Cc1cc(C)nc(SCC(=O)Cc2ccccc2)c1. The van der Waals surface area contributed by atoms with E-state index in [0.29, 0.717) is 12.2 Å². The Morgan fingerprint density at radius 1 is 1.16 bits per heavy atom. The predicted molar refractivity (Wildman–Crippen MR) is 79.6 cm³/mol. The molecule has 0 amide bonds. The van der Waals surface area contributed by atoms with Crippen LogP contribution in [0.3, 0.4) is 0 Å². The summed E-state index contributed by atoms with van der Waals surface area (Å²) >= 11 is 1.52. The lowest BCUT2D eigenvalue weighted by molar-refractivity contribution is -0.116. The number of thioether (sulfide) groups is 1. The number of aryl methyl sites for hydroxylation is 2. The Balaban J connectivity index is 1.90. The third kappa shape index (κ3) is 4.52. The number of carbonyl (C=O) groups excluding carboxylic acids is 1. The van der Waals surface area contributed by atoms with Crippen LogP contribution in [0, 0.1) is 13.8 Å². The molecule has 0 bridgehead atoms. The summed E-state index contributed by atoms with van der Waals surface area (Å²) in [5.74, 6) is 0.710. The monoisotopic (exact) mass is 271 g/mol. The number of pyridine rings is 1. The summed E-state index contributed by atoms with van der Waals surface area (Å²) in [4.78, 5) is 16.3. The van der Waals surface area contributed by atoms with Gasteiger partial charge in [0.1, 0.15) is 5.78 Å². The van der Waals surface area contributed by atoms with Crippen LogP contribution in [-0.4, -0.2) is 16.5 Å². The molecule has 1 aromatic carbocycles. The van der Waals surface area contributed by atoms with Crippen molar-refractivity contribution >= 4 is 17.5 Å². The van der Waals surface area contributed by atoms with Crippen LogP contribution in [0.25, 0.3) is 0 Å². The first-order valence-corrected chi connectivity index (χ1v) is 7.26. The summed E-state index contributed by atoms with van der Waals surface area (Å²) in [6.07, 6.45) is 0.499. The van der Waals surface area contributed by atoms with Crippen molar-refractivity contribution in [3.8, 4) is 0 Å². The standard InChI is InChI=1S/C16H17NOS/c1-12-8-13(2)17-16(9-12)19-11-15(18)10-14-6-4-3-5-7-14/h3-9H,10-11H2,1-2H3. The van der Waals surface area contributed by atoms with E-state index in [9.17, 15) is 4.79 Å². The average molecular weight is 271 g/mol. The van der Waals surface area contributed by atoms with Gasteiger partial charge in [-0.1, -0.05) is 42.1 Å². The van der Waals surface area contributed by atoms with Gasteiger partial charge in [0.25, 0.3) is 0 Å². The van der Waals surface area contributed by atoms with Crippen molar-refractivity contribution in [2.45, 2.75) is 25.3 Å². The fourth-order valence-corrected chi connectivity index (χ4v) is 2.80. The molecule has 0 atom stereocenters. The van der Waals surface area contributed by atoms with Gasteiger partial charge in [-0.3, -0.25) is 4.79 Å². The maximum Gasteiger partial charge on any atom is 0.147 e. The molecule has 0 aliphatic carbocycles. The number of ketones is 1. The predicted octanol–water partition coefficient (Wildman–Crippen LogP) is 3.60. The zero-order valence-corrected chi connectivity index (χ0v) is 12.0. The molecular formula is C16H17NOS. The van der Waals surface area contributed by atoms with E-state index in [0.717, 1.165) is 16.3 Å². The number of carbonyl (C=O) groups is 1. The first-order valence-electron chi connectivity index (χ1n) is 6.27. The van der Waals surface area contributed by atoms with E-state index in [2.05, 4.69) is 4.98 Å². The van der Waals surface area contributed by atoms with E-state index < -0.39 is 0 Å². The van der Waals surface area contributed by atoms with Crippen LogP contribution < -0.4 is 0 Å². The van der Waals surface area contributed by atoms with Gasteiger partial charge in [-0.05, 0) is 37.1 Å². The summed E-state index contributed by atoms with van der Waals surface area (Å²) in [5, 5.41) is 0.930. The summed E-state index contributed by atoms with van der Waals surface area (Å²) < 4.78 is 0. The summed E-state index contributed by atoms with van der Waals surface area (Å²) in [6.45, 7) is 4.02. The fourth-order valence-electron chi connectivity index (χ4n) is 1.91. The van der Waals surface area contributed by atoms with Gasteiger partial charge in [0.2, 0.25) is 0 Å². The molecule has 0 aliphatic rings. The number of Topliss-reactive ketones (excluding diaryl/α,β-unsaturated/α-hetero) is 1. The van der Waals surface area contributed by atoms with E-state index in [4.69, 9.17) is 0 Å². The van der Waals surface area contributed by atoms with Crippen LogP contribution in [0.5, 0.6) is 0 Å². The lowest BCUT2D eigenvalue weighted by Crippen LogP contribution is -2.05. The Labute approximate surface area is 118 Å². The first kappa shape index (κ1) is 13.8. The second-order valence-electron chi connectivity index (χ2n) is 4.61. The fraction of sp³-hybridized carbons (Fsp3) is 0.250. The van der Waals surface area contributed by atoms with E-state index in [1.807, 2.05) is 56.3 Å². The minimum absolute atomic E-state index is 0.233. The van der Waals surface area contributed by atoms with Crippen molar-refractivity contribution in [1.82, 2.24) is 4.98 Å². The van der Waals surface area contributed by atoms with Crippen molar-refractivity contribution in [3.63, 3.8) is 0 Å². The van der Waals surface area contributed by atoms with E-state index in [-0.39, 0.29) is 5.78 Å². The molecule has 0 unspecified atom stereocenters. The minimum Gasteiger partial charge on any atom is -0.298 e. The Kier molecular flexibility index (Phi) is 4.74. The molecule has 1 aromatic heterocycles. The van der Waals surface area contributed by atoms with E-state index in [1.165, 1.54) is 17.3 Å². The molecule has 2 aromatic rings. The molecule has 0 N–H and O–H groups in total. The average Bonchev–Trinajstić information content (AvgIpc) is 2.36. The second-order valence-corrected chi connectivity index (χ2v) is 5.61. The van der Waals surface area contributed by atoms with Gasteiger partial charge < -0.3 is 0 Å². The highest BCUT2D eigenvalue weighted by Crippen LogP contribution is 2.18. The molecule has 0 saturated carbocycles. The van der Waals surface area contributed by atoms with Gasteiger partial charge in [-0.2, -0.15) is 0 Å². The van der Waals surface area contributed by atoms with Gasteiger partial charge >= 0.3 is 0 Å². The van der Waals surface area contributed by atoms with Crippen LogP contribution in [0.4, 0.5) is 0 Å². The maximum atomic E-state index is 11.9.